The predicted octanol–water partition coefficient (Wildman–Crippen LogP) is 1.87. The number of pyridine rings is 1. The number of hydrogen-bond donors (Lipinski definition) is 5. The van der Waals surface area contributed by atoms with Crippen molar-refractivity contribution in [1.29, 1.82) is 5.41 Å². The molecule has 0 radical (unpaired) electrons. The molecule has 0 fully saturated rings. The van der Waals surface area contributed by atoms with Crippen molar-refractivity contribution in [3.05, 3.63) is 36.0 Å². The number of rotatable bonds is 10. The molecule has 0 atom stereocenters. The summed E-state index contributed by atoms with van der Waals surface area (Å²) in [6.45, 7) is 0.331. The van der Waals surface area contributed by atoms with Crippen LogP contribution in [0.1, 0.15) is 42.5 Å². The van der Waals surface area contributed by atoms with Crippen molar-refractivity contribution >= 4 is 40.2 Å². The molecule has 0 spiro atoms. The van der Waals surface area contributed by atoms with E-state index >= 15 is 0 Å². The van der Waals surface area contributed by atoms with Crippen LogP contribution in [-0.2, 0) is 9.59 Å². The minimum Gasteiger partial charge on any atom is -0.481 e. The standard InChI is InChI=1S/C19H23N5O4/c20-15(21)7-4-10-22-19(28)13-11-23-14-6-2-1-5-12(14)18(13)24-16(25)8-3-9-17(26)27/h1-2,5-6,11H,3-4,7-10H2,(H3,20,21)(H,22,28)(H,26,27)(H,23,24,25). The molecule has 0 unspecified atom stereocenters. The molecule has 9 heteroatoms. The zero-order chi connectivity index (χ0) is 20.5. The lowest BCUT2D eigenvalue weighted by Gasteiger charge is -2.14. The van der Waals surface area contributed by atoms with E-state index in [1.54, 1.807) is 24.3 Å². The third-order valence-corrected chi connectivity index (χ3v) is 3.99. The summed E-state index contributed by atoms with van der Waals surface area (Å²) < 4.78 is 0. The molecule has 148 valence electrons. The van der Waals surface area contributed by atoms with Gasteiger partial charge in [-0.05, 0) is 18.9 Å². The Morgan fingerprint density at radius 3 is 2.57 bits per heavy atom. The molecular weight excluding hydrogens is 362 g/mol. The average molecular weight is 385 g/mol. The van der Waals surface area contributed by atoms with Crippen LogP contribution >= 0.6 is 0 Å². The smallest absolute Gasteiger partial charge is 0.303 e. The van der Waals surface area contributed by atoms with Crippen LogP contribution < -0.4 is 16.4 Å². The Kier molecular flexibility index (Phi) is 7.44. The summed E-state index contributed by atoms with van der Waals surface area (Å²) in [6, 6.07) is 7.10. The fraction of sp³-hybridized carbons (Fsp3) is 0.316. The normalized spacial score (nSPS) is 10.4. The van der Waals surface area contributed by atoms with Gasteiger partial charge in [-0.1, -0.05) is 18.2 Å². The Hall–Kier alpha value is -3.49. The molecule has 28 heavy (non-hydrogen) atoms. The van der Waals surface area contributed by atoms with Crippen molar-refractivity contribution < 1.29 is 19.5 Å². The average Bonchev–Trinajstić information content (AvgIpc) is 2.65. The summed E-state index contributed by atoms with van der Waals surface area (Å²) in [7, 11) is 0. The SMILES string of the molecule is N=C(N)CCCNC(=O)c1cnc2ccccc2c1NC(=O)CCCC(=O)O. The maximum atomic E-state index is 12.6. The van der Waals surface area contributed by atoms with Gasteiger partial charge in [-0.3, -0.25) is 24.8 Å². The van der Waals surface area contributed by atoms with E-state index in [1.807, 2.05) is 0 Å². The van der Waals surface area contributed by atoms with Gasteiger partial charge in [0.25, 0.3) is 5.91 Å². The topological polar surface area (TPSA) is 158 Å². The molecule has 0 aliphatic heterocycles. The highest BCUT2D eigenvalue weighted by molar-refractivity contribution is 6.11. The fourth-order valence-electron chi connectivity index (χ4n) is 2.63. The number of aromatic nitrogens is 1. The van der Waals surface area contributed by atoms with Gasteiger partial charge in [0.05, 0.1) is 22.6 Å². The second-order valence-corrected chi connectivity index (χ2v) is 6.24. The second kappa shape index (κ2) is 10.0. The largest absolute Gasteiger partial charge is 0.481 e. The Balaban J connectivity index is 2.19. The van der Waals surface area contributed by atoms with Crippen LogP contribution in [0.5, 0.6) is 0 Å². The van der Waals surface area contributed by atoms with E-state index in [1.165, 1.54) is 6.20 Å². The van der Waals surface area contributed by atoms with Gasteiger partial charge in [-0.15, -0.1) is 0 Å². The number of amides is 2. The highest BCUT2D eigenvalue weighted by Crippen LogP contribution is 2.26. The van der Waals surface area contributed by atoms with Crippen LogP contribution in [-0.4, -0.2) is 40.3 Å². The van der Waals surface area contributed by atoms with Gasteiger partial charge in [-0.25, -0.2) is 0 Å². The lowest BCUT2D eigenvalue weighted by Crippen LogP contribution is -2.27. The van der Waals surface area contributed by atoms with Gasteiger partial charge in [0.15, 0.2) is 0 Å². The first-order valence-corrected chi connectivity index (χ1v) is 8.89. The van der Waals surface area contributed by atoms with E-state index in [4.69, 9.17) is 16.2 Å². The highest BCUT2D eigenvalue weighted by Gasteiger charge is 2.17. The summed E-state index contributed by atoms with van der Waals surface area (Å²) in [6.07, 6.45) is 2.44. The molecule has 1 heterocycles. The van der Waals surface area contributed by atoms with Crippen LogP contribution in [0.3, 0.4) is 0 Å². The number of fused-ring (bicyclic) bond motifs is 1. The zero-order valence-corrected chi connectivity index (χ0v) is 15.3. The molecule has 0 aliphatic carbocycles. The van der Waals surface area contributed by atoms with E-state index in [9.17, 15) is 14.4 Å². The minimum atomic E-state index is -0.965. The summed E-state index contributed by atoms with van der Waals surface area (Å²) in [5.74, 6) is -1.69. The number of nitrogens with one attached hydrogen (secondary N) is 3. The summed E-state index contributed by atoms with van der Waals surface area (Å²) in [5.41, 5.74) is 6.48. The number of carboxylic acids is 1. The van der Waals surface area contributed by atoms with Crippen LogP contribution in [0.4, 0.5) is 5.69 Å². The van der Waals surface area contributed by atoms with Crippen molar-refractivity contribution in [2.45, 2.75) is 32.1 Å². The van der Waals surface area contributed by atoms with E-state index in [2.05, 4.69) is 15.6 Å². The van der Waals surface area contributed by atoms with Crippen LogP contribution in [0.25, 0.3) is 10.9 Å². The number of nitrogens with two attached hydrogens (primary N) is 1. The lowest BCUT2D eigenvalue weighted by molar-refractivity contribution is -0.137. The molecule has 6 N–H and O–H groups in total. The highest BCUT2D eigenvalue weighted by atomic mass is 16.4. The number of carbonyl (C=O) groups excluding carboxylic acids is 2. The second-order valence-electron chi connectivity index (χ2n) is 6.24. The number of carboxylic acid groups (broad SMARTS) is 1. The number of nitrogens with zero attached hydrogens (tertiary/aromatic N) is 1. The molecule has 2 rings (SSSR count). The lowest BCUT2D eigenvalue weighted by atomic mass is 10.1. The van der Waals surface area contributed by atoms with Crippen molar-refractivity contribution in [2.75, 3.05) is 11.9 Å². The Bertz CT molecular complexity index is 897. The summed E-state index contributed by atoms with van der Waals surface area (Å²) >= 11 is 0. The molecular formula is C19H23N5O4. The monoisotopic (exact) mass is 385 g/mol. The quantitative estimate of drug-likeness (QED) is 0.238. The summed E-state index contributed by atoms with van der Waals surface area (Å²) in [4.78, 5) is 39.7. The van der Waals surface area contributed by atoms with Crippen LogP contribution in [0.15, 0.2) is 30.5 Å². The van der Waals surface area contributed by atoms with Crippen molar-refractivity contribution in [2.24, 2.45) is 5.73 Å². The number of benzene rings is 1. The van der Waals surface area contributed by atoms with Gasteiger partial charge in [-0.2, -0.15) is 0 Å². The number of hydrogen-bond acceptors (Lipinski definition) is 5. The fourth-order valence-corrected chi connectivity index (χ4v) is 2.63. The predicted molar refractivity (Wildman–Crippen MR) is 105 cm³/mol. The zero-order valence-electron chi connectivity index (χ0n) is 15.3. The molecule has 0 bridgehead atoms. The van der Waals surface area contributed by atoms with Gasteiger partial charge in [0, 0.05) is 37.4 Å². The van der Waals surface area contributed by atoms with E-state index in [-0.39, 0.29) is 36.6 Å². The van der Waals surface area contributed by atoms with Crippen molar-refractivity contribution in [3.63, 3.8) is 0 Å². The minimum absolute atomic E-state index is 0.0304. The van der Waals surface area contributed by atoms with E-state index in [0.29, 0.717) is 36.0 Å². The first-order chi connectivity index (χ1) is 13.4. The molecule has 9 nitrogen and oxygen atoms in total. The van der Waals surface area contributed by atoms with Crippen LogP contribution in [0.2, 0.25) is 0 Å². The van der Waals surface area contributed by atoms with Crippen LogP contribution in [0, 0.1) is 5.41 Å². The Labute approximate surface area is 161 Å². The molecule has 1 aromatic heterocycles. The third kappa shape index (κ3) is 6.04. The Morgan fingerprint density at radius 1 is 1.11 bits per heavy atom. The van der Waals surface area contributed by atoms with Gasteiger partial charge in [0.1, 0.15) is 0 Å². The van der Waals surface area contributed by atoms with Crippen molar-refractivity contribution in [3.8, 4) is 0 Å². The molecule has 0 saturated heterocycles. The van der Waals surface area contributed by atoms with Crippen molar-refractivity contribution in [1.82, 2.24) is 10.3 Å². The van der Waals surface area contributed by atoms with Gasteiger partial charge < -0.3 is 21.5 Å². The van der Waals surface area contributed by atoms with Gasteiger partial charge >= 0.3 is 5.97 Å². The molecule has 2 aromatic rings. The maximum absolute atomic E-state index is 12.6. The van der Waals surface area contributed by atoms with E-state index < -0.39 is 11.9 Å². The molecule has 1 aromatic carbocycles. The number of para-hydroxylation sites is 1. The number of amidine groups is 1. The third-order valence-electron chi connectivity index (χ3n) is 3.99. The number of aliphatic carboxylic acids is 1. The van der Waals surface area contributed by atoms with Gasteiger partial charge in [0.2, 0.25) is 5.91 Å². The summed E-state index contributed by atoms with van der Waals surface area (Å²) in [5, 5.41) is 22.0. The molecule has 0 saturated carbocycles. The molecule has 2 amide bonds. The number of carbonyl (C=O) groups is 3. The molecule has 0 aliphatic rings. The Morgan fingerprint density at radius 2 is 1.86 bits per heavy atom. The first-order valence-electron chi connectivity index (χ1n) is 8.89. The number of anilines is 1. The van der Waals surface area contributed by atoms with E-state index in [0.717, 1.165) is 0 Å². The first kappa shape index (κ1) is 20.8. The maximum Gasteiger partial charge on any atom is 0.303 e.